The molecular formula is C33H49N9O7S2. The van der Waals surface area contributed by atoms with Gasteiger partial charge in [0.15, 0.2) is 5.96 Å². The number of thioether (sulfide) groups is 1. The van der Waals surface area contributed by atoms with Gasteiger partial charge in [0.05, 0.1) is 11.4 Å². The highest BCUT2D eigenvalue weighted by Crippen LogP contribution is 2.32. The number of carbonyl (C=O) groups excluding carboxylic acids is 6. The fourth-order valence-corrected chi connectivity index (χ4v) is 6.18. The lowest BCUT2D eigenvalue weighted by atomic mass is 10.0. The summed E-state index contributed by atoms with van der Waals surface area (Å²) in [6, 6.07) is 3.38. The average molecular weight is 748 g/mol. The fourth-order valence-electron chi connectivity index (χ4n) is 4.87. The number of guanidine groups is 1. The molecule has 11 N–H and O–H groups in total. The number of nitrogens with zero attached hydrogens (tertiary/aromatic N) is 2. The van der Waals surface area contributed by atoms with Gasteiger partial charge in [-0.15, -0.1) is 0 Å². The van der Waals surface area contributed by atoms with Gasteiger partial charge in [0.2, 0.25) is 17.7 Å². The van der Waals surface area contributed by atoms with Crippen molar-refractivity contribution in [2.45, 2.75) is 83.3 Å². The molecule has 280 valence electrons. The van der Waals surface area contributed by atoms with Crippen LogP contribution >= 0.6 is 24.0 Å². The molecule has 18 heteroatoms. The van der Waals surface area contributed by atoms with Crippen LogP contribution in [-0.4, -0.2) is 95.1 Å². The summed E-state index contributed by atoms with van der Waals surface area (Å²) in [4.78, 5) is 81.8. The van der Waals surface area contributed by atoms with E-state index in [1.54, 1.807) is 30.3 Å². The van der Waals surface area contributed by atoms with Crippen molar-refractivity contribution in [3.05, 3.63) is 40.3 Å². The van der Waals surface area contributed by atoms with Crippen molar-refractivity contribution in [2.75, 3.05) is 26.2 Å². The number of hydrogen-bond donors (Lipinski definition) is 7. The van der Waals surface area contributed by atoms with E-state index in [-0.39, 0.29) is 50.0 Å². The third kappa shape index (κ3) is 15.1. The van der Waals surface area contributed by atoms with Gasteiger partial charge in [-0.1, -0.05) is 55.9 Å². The molecule has 0 aliphatic carbocycles. The number of unbranched alkanes of at least 4 members (excludes halogenated alkanes) is 2. The third-order valence-electron chi connectivity index (χ3n) is 7.62. The minimum absolute atomic E-state index is 0.0170. The lowest BCUT2D eigenvalue weighted by molar-refractivity contribution is -0.142. The molecule has 1 fully saturated rings. The third-order valence-corrected chi connectivity index (χ3v) is 9.00. The highest BCUT2D eigenvalue weighted by Gasteiger charge is 2.32. The van der Waals surface area contributed by atoms with Gasteiger partial charge in [0.1, 0.15) is 29.1 Å². The largest absolute Gasteiger partial charge is 0.464 e. The Morgan fingerprint density at radius 1 is 0.922 bits per heavy atom. The van der Waals surface area contributed by atoms with Crippen molar-refractivity contribution in [3.8, 4) is 0 Å². The number of esters is 1. The van der Waals surface area contributed by atoms with E-state index in [4.69, 9.17) is 39.9 Å². The standard InChI is InChI=1S/C33H49N9O7S2/c1-3-4-8-23(27(35)44)39-29(46)24(9-5-6-15-34)41-30(47)25(10-7-16-38-32(36)37)40-28(45)22-13-11-21(12-14-22)19-26-31(48)42(33(50)51-26)17-18-49-20(2)43/h11-14,19,23-25H,3-10,15-18,34H2,1-2H3,(H2,35,44)(H,39,46)(H,40,45)(H,41,47)(H4,36,37,38)/b26-19-/t23-,24-,25-/m0/s1. The lowest BCUT2D eigenvalue weighted by Crippen LogP contribution is -2.56. The van der Waals surface area contributed by atoms with Gasteiger partial charge in [0.25, 0.3) is 11.8 Å². The van der Waals surface area contributed by atoms with Gasteiger partial charge in [-0.25, -0.2) is 0 Å². The number of thiocarbonyl (C=S) groups is 1. The maximum Gasteiger partial charge on any atom is 0.302 e. The van der Waals surface area contributed by atoms with Crippen LogP contribution in [0.5, 0.6) is 0 Å². The van der Waals surface area contributed by atoms with E-state index < -0.39 is 47.7 Å². The minimum atomic E-state index is -1.07. The number of rotatable bonds is 22. The Labute approximate surface area is 307 Å². The lowest BCUT2D eigenvalue weighted by Gasteiger charge is -2.25. The minimum Gasteiger partial charge on any atom is -0.464 e. The molecule has 1 aliphatic rings. The molecule has 2 rings (SSSR count). The zero-order chi connectivity index (χ0) is 37.9. The summed E-state index contributed by atoms with van der Waals surface area (Å²) >= 11 is 6.41. The molecule has 0 bridgehead atoms. The summed E-state index contributed by atoms with van der Waals surface area (Å²) in [6.07, 6.45) is 5.31. The second-order valence-electron chi connectivity index (χ2n) is 11.7. The van der Waals surface area contributed by atoms with Crippen LogP contribution in [0.3, 0.4) is 0 Å². The molecule has 1 aromatic rings. The number of primary amides is 1. The molecule has 0 unspecified atom stereocenters. The monoisotopic (exact) mass is 747 g/mol. The molecule has 3 atom stereocenters. The predicted octanol–water partition coefficient (Wildman–Crippen LogP) is 0.377. The first-order valence-electron chi connectivity index (χ1n) is 16.7. The number of aliphatic imine (C=N–C) groups is 1. The van der Waals surface area contributed by atoms with Gasteiger partial charge < -0.3 is 43.6 Å². The number of hydrogen-bond acceptors (Lipinski definition) is 11. The van der Waals surface area contributed by atoms with Crippen molar-refractivity contribution >= 4 is 75.8 Å². The van der Waals surface area contributed by atoms with Gasteiger partial charge >= 0.3 is 5.97 Å². The highest BCUT2D eigenvalue weighted by atomic mass is 32.2. The van der Waals surface area contributed by atoms with Gasteiger partial charge in [-0.05, 0) is 68.8 Å². The summed E-state index contributed by atoms with van der Waals surface area (Å²) in [5.41, 5.74) is 22.9. The quantitative estimate of drug-likeness (QED) is 0.0212. The van der Waals surface area contributed by atoms with E-state index in [9.17, 15) is 28.8 Å². The normalized spacial score (nSPS) is 15.1. The molecule has 1 saturated heterocycles. The number of nitrogens with two attached hydrogens (primary N) is 4. The van der Waals surface area contributed by atoms with Crippen molar-refractivity contribution in [1.29, 1.82) is 0 Å². The van der Waals surface area contributed by atoms with Crippen LogP contribution in [0, 0.1) is 0 Å². The van der Waals surface area contributed by atoms with Crippen LogP contribution in [0.4, 0.5) is 0 Å². The van der Waals surface area contributed by atoms with E-state index in [1.165, 1.54) is 11.8 Å². The second-order valence-corrected chi connectivity index (χ2v) is 13.4. The number of ether oxygens (including phenoxy) is 1. The zero-order valence-electron chi connectivity index (χ0n) is 29.0. The number of nitrogens with one attached hydrogen (secondary N) is 3. The molecule has 1 heterocycles. The smallest absolute Gasteiger partial charge is 0.302 e. The Balaban J connectivity index is 2.20. The molecule has 0 radical (unpaired) electrons. The van der Waals surface area contributed by atoms with E-state index >= 15 is 0 Å². The fraction of sp³-hybridized carbons (Fsp3) is 0.515. The van der Waals surface area contributed by atoms with Crippen LogP contribution in [0.25, 0.3) is 6.08 Å². The van der Waals surface area contributed by atoms with E-state index in [0.717, 1.165) is 18.2 Å². The predicted molar refractivity (Wildman–Crippen MR) is 200 cm³/mol. The van der Waals surface area contributed by atoms with Crippen molar-refractivity contribution in [3.63, 3.8) is 0 Å². The molecule has 0 spiro atoms. The van der Waals surface area contributed by atoms with Crippen LogP contribution in [0.15, 0.2) is 34.2 Å². The topological polar surface area (TPSA) is 267 Å². The van der Waals surface area contributed by atoms with Gasteiger partial charge in [-0.3, -0.25) is 38.7 Å². The summed E-state index contributed by atoms with van der Waals surface area (Å²) in [5.74, 6) is -3.31. The Morgan fingerprint density at radius 3 is 2.12 bits per heavy atom. The number of amides is 5. The van der Waals surface area contributed by atoms with Gasteiger partial charge in [0, 0.05) is 19.0 Å². The first-order valence-corrected chi connectivity index (χ1v) is 17.9. The van der Waals surface area contributed by atoms with Crippen LogP contribution in [0.2, 0.25) is 0 Å². The first-order chi connectivity index (χ1) is 24.3. The molecular weight excluding hydrogens is 699 g/mol. The van der Waals surface area contributed by atoms with Crippen LogP contribution in [0.1, 0.15) is 81.1 Å². The van der Waals surface area contributed by atoms with E-state index in [0.29, 0.717) is 53.4 Å². The maximum atomic E-state index is 13.6. The summed E-state index contributed by atoms with van der Waals surface area (Å²) in [5, 5.41) is 8.13. The number of benzene rings is 1. The Hall–Kier alpha value is -4.55. The SMILES string of the molecule is CCCC[C@H](NC(=O)[C@H](CCCCN)NC(=O)[C@H](CCCN=C(N)N)NC(=O)c1ccc(/C=C2\SC(=S)N(CCOC(C)=O)C2=O)cc1)C(N)=O. The van der Waals surface area contributed by atoms with Gasteiger partial charge in [-0.2, -0.15) is 0 Å². The van der Waals surface area contributed by atoms with Crippen LogP contribution < -0.4 is 38.9 Å². The van der Waals surface area contributed by atoms with E-state index in [1.807, 2.05) is 6.92 Å². The first kappa shape index (κ1) is 42.6. The Bertz CT molecular complexity index is 1470. The Morgan fingerprint density at radius 2 is 1.53 bits per heavy atom. The molecule has 0 aromatic heterocycles. The van der Waals surface area contributed by atoms with Crippen LogP contribution in [-0.2, 0) is 28.7 Å². The average Bonchev–Trinajstić information content (AvgIpc) is 3.34. The Kier molecular flexibility index (Phi) is 18.6. The molecule has 16 nitrogen and oxygen atoms in total. The summed E-state index contributed by atoms with van der Waals surface area (Å²) in [7, 11) is 0. The summed E-state index contributed by atoms with van der Waals surface area (Å²) in [6.45, 7) is 3.96. The second kappa shape index (κ2) is 22.3. The molecule has 0 saturated carbocycles. The van der Waals surface area contributed by atoms with Crippen molar-refractivity contribution in [2.24, 2.45) is 27.9 Å². The van der Waals surface area contributed by atoms with Crippen molar-refractivity contribution in [1.82, 2.24) is 20.9 Å². The molecule has 1 aliphatic heterocycles. The summed E-state index contributed by atoms with van der Waals surface area (Å²) < 4.78 is 5.25. The zero-order valence-corrected chi connectivity index (χ0v) is 30.6. The maximum absolute atomic E-state index is 13.6. The molecule has 5 amide bonds. The molecule has 1 aromatic carbocycles. The van der Waals surface area contributed by atoms with Crippen molar-refractivity contribution < 1.29 is 33.5 Å². The van der Waals surface area contributed by atoms with E-state index in [2.05, 4.69) is 20.9 Å². The highest BCUT2D eigenvalue weighted by molar-refractivity contribution is 8.26. The number of carbonyl (C=O) groups is 6. The molecule has 51 heavy (non-hydrogen) atoms.